The van der Waals surface area contributed by atoms with Gasteiger partial charge in [-0.1, -0.05) is 42.8 Å². The minimum atomic E-state index is -0.147. The van der Waals surface area contributed by atoms with Crippen molar-refractivity contribution in [1.29, 1.82) is 0 Å². The lowest BCUT2D eigenvalue weighted by atomic mass is 9.54. The minimum absolute atomic E-state index is 0.147. The number of fused-ring (bicyclic) bond motifs is 5. The molecule has 0 amide bonds. The second-order valence-electron chi connectivity index (χ2n) is 7.52. The summed E-state index contributed by atoms with van der Waals surface area (Å²) in [6.45, 7) is 6.11. The molecule has 114 valence electrons. The Bertz CT molecular complexity index is 668. The van der Waals surface area contributed by atoms with Crippen LogP contribution in [-0.4, -0.2) is 5.78 Å². The zero-order valence-corrected chi connectivity index (χ0v) is 13.3. The maximum absolute atomic E-state index is 12.6. The van der Waals surface area contributed by atoms with Gasteiger partial charge in [-0.25, -0.2) is 0 Å². The monoisotopic (exact) mass is 292 g/mol. The van der Waals surface area contributed by atoms with E-state index in [1.165, 1.54) is 24.0 Å². The van der Waals surface area contributed by atoms with E-state index in [-0.39, 0.29) is 5.41 Å². The molecule has 0 heterocycles. The number of aryl methyl sites for hydroxylation is 1. The fourth-order valence-corrected chi connectivity index (χ4v) is 5.47. The largest absolute Gasteiger partial charge is 0.294 e. The summed E-state index contributed by atoms with van der Waals surface area (Å²) in [7, 11) is 0. The van der Waals surface area contributed by atoms with Gasteiger partial charge in [-0.05, 0) is 67.1 Å². The first-order valence-corrected chi connectivity index (χ1v) is 8.59. The lowest BCUT2D eigenvalue weighted by molar-refractivity contribution is -0.127. The first kappa shape index (κ1) is 14.0. The molecule has 0 radical (unpaired) electrons. The third-order valence-electron chi connectivity index (χ3n) is 6.47. The van der Waals surface area contributed by atoms with Crippen molar-refractivity contribution in [3.05, 3.63) is 59.7 Å². The van der Waals surface area contributed by atoms with Crippen molar-refractivity contribution in [2.45, 2.75) is 44.9 Å². The van der Waals surface area contributed by atoms with E-state index in [4.69, 9.17) is 0 Å². The average molecular weight is 292 g/mol. The van der Waals surface area contributed by atoms with Gasteiger partial charge < -0.3 is 0 Å². The Morgan fingerprint density at radius 2 is 2.14 bits per heavy atom. The van der Waals surface area contributed by atoms with Crippen LogP contribution in [0.5, 0.6) is 0 Å². The molecule has 1 heteroatoms. The van der Waals surface area contributed by atoms with E-state index in [0.29, 0.717) is 23.5 Å². The number of carbonyl (C=O) groups excluding carboxylic acids is 1. The molecule has 4 rings (SSSR count). The number of allylic oxidation sites excluding steroid dienone is 3. The third-order valence-corrected chi connectivity index (χ3v) is 6.47. The van der Waals surface area contributed by atoms with Crippen LogP contribution >= 0.6 is 0 Å². The molecule has 1 nitrogen and oxygen atoms in total. The lowest BCUT2D eigenvalue weighted by Crippen LogP contribution is -2.44. The van der Waals surface area contributed by atoms with Crippen molar-refractivity contribution in [1.82, 2.24) is 0 Å². The molecular formula is C21H24O. The lowest BCUT2D eigenvalue weighted by Gasteiger charge is -2.49. The van der Waals surface area contributed by atoms with E-state index in [1.54, 1.807) is 5.56 Å². The summed E-state index contributed by atoms with van der Waals surface area (Å²) in [6, 6.07) is 8.95. The van der Waals surface area contributed by atoms with Crippen LogP contribution in [0.3, 0.4) is 0 Å². The zero-order chi connectivity index (χ0) is 15.3. The Labute approximate surface area is 133 Å². The van der Waals surface area contributed by atoms with Gasteiger partial charge in [0.15, 0.2) is 5.78 Å². The topological polar surface area (TPSA) is 17.1 Å². The summed E-state index contributed by atoms with van der Waals surface area (Å²) < 4.78 is 0. The molecule has 0 saturated heterocycles. The van der Waals surface area contributed by atoms with E-state index < -0.39 is 0 Å². The van der Waals surface area contributed by atoms with Gasteiger partial charge in [0.25, 0.3) is 0 Å². The number of carbonyl (C=O) groups is 1. The first-order chi connectivity index (χ1) is 10.6. The molecule has 0 aromatic heterocycles. The van der Waals surface area contributed by atoms with E-state index in [1.807, 2.05) is 12.2 Å². The van der Waals surface area contributed by atoms with Crippen LogP contribution < -0.4 is 0 Å². The quantitative estimate of drug-likeness (QED) is 0.713. The Hall–Kier alpha value is -1.63. The molecule has 3 unspecified atom stereocenters. The number of hydrogen-bond acceptors (Lipinski definition) is 1. The SMILES string of the molecule is C=CCC1=CC(=O)[C@@]2(C)CCC3c4ccccc4CCC3C12. The van der Waals surface area contributed by atoms with Gasteiger partial charge in [-0.2, -0.15) is 0 Å². The number of benzene rings is 1. The van der Waals surface area contributed by atoms with Gasteiger partial charge in [-0.3, -0.25) is 4.79 Å². The van der Waals surface area contributed by atoms with Gasteiger partial charge in [0, 0.05) is 5.41 Å². The molecule has 1 fully saturated rings. The molecule has 0 bridgehead atoms. The maximum atomic E-state index is 12.6. The highest BCUT2D eigenvalue weighted by atomic mass is 16.1. The summed E-state index contributed by atoms with van der Waals surface area (Å²) in [6.07, 6.45) is 9.37. The molecule has 1 saturated carbocycles. The fraction of sp³-hybridized carbons (Fsp3) is 0.476. The predicted molar refractivity (Wildman–Crippen MR) is 89.7 cm³/mol. The molecule has 22 heavy (non-hydrogen) atoms. The van der Waals surface area contributed by atoms with Crippen LogP contribution in [0.15, 0.2) is 48.6 Å². The van der Waals surface area contributed by atoms with Crippen molar-refractivity contribution in [3.8, 4) is 0 Å². The molecule has 0 N–H and O–H groups in total. The molecule has 3 aliphatic rings. The number of ketones is 1. The number of hydrogen-bond donors (Lipinski definition) is 0. The van der Waals surface area contributed by atoms with Crippen molar-refractivity contribution >= 4 is 5.78 Å². The summed E-state index contributed by atoms with van der Waals surface area (Å²) in [5, 5.41) is 0. The van der Waals surface area contributed by atoms with Crippen LogP contribution in [0.25, 0.3) is 0 Å². The zero-order valence-electron chi connectivity index (χ0n) is 13.3. The van der Waals surface area contributed by atoms with E-state index in [9.17, 15) is 4.79 Å². The second-order valence-corrected chi connectivity index (χ2v) is 7.52. The highest BCUT2D eigenvalue weighted by Crippen LogP contribution is 2.60. The predicted octanol–water partition coefficient (Wildman–Crippen LogP) is 4.83. The van der Waals surface area contributed by atoms with Gasteiger partial charge in [0.05, 0.1) is 0 Å². The van der Waals surface area contributed by atoms with E-state index in [0.717, 1.165) is 19.3 Å². The molecule has 0 aliphatic heterocycles. The third kappa shape index (κ3) is 1.81. The Morgan fingerprint density at radius 1 is 1.32 bits per heavy atom. The van der Waals surface area contributed by atoms with Crippen LogP contribution in [0.1, 0.15) is 49.7 Å². The minimum Gasteiger partial charge on any atom is -0.294 e. The van der Waals surface area contributed by atoms with Gasteiger partial charge in [0.2, 0.25) is 0 Å². The average Bonchev–Trinajstić information content (AvgIpc) is 2.78. The van der Waals surface area contributed by atoms with Gasteiger partial charge >= 0.3 is 0 Å². The Balaban J connectivity index is 1.76. The smallest absolute Gasteiger partial charge is 0.162 e. The molecular weight excluding hydrogens is 268 g/mol. The Kier molecular flexibility index (Phi) is 3.14. The van der Waals surface area contributed by atoms with Crippen LogP contribution in [0.4, 0.5) is 0 Å². The van der Waals surface area contributed by atoms with Crippen LogP contribution in [0.2, 0.25) is 0 Å². The first-order valence-electron chi connectivity index (χ1n) is 8.59. The maximum Gasteiger partial charge on any atom is 0.162 e. The molecule has 0 spiro atoms. The van der Waals surface area contributed by atoms with E-state index >= 15 is 0 Å². The molecule has 1 aromatic carbocycles. The summed E-state index contributed by atoms with van der Waals surface area (Å²) in [5.74, 6) is 2.07. The molecule has 3 aliphatic carbocycles. The van der Waals surface area contributed by atoms with Crippen molar-refractivity contribution in [2.75, 3.05) is 0 Å². The summed E-state index contributed by atoms with van der Waals surface area (Å²) >= 11 is 0. The standard InChI is InChI=1S/C21H24O/c1-3-6-15-13-19(22)21(2)12-11-17-16-8-5-4-7-14(16)9-10-18(17)20(15)21/h3-5,7-8,13,17-18,20H,1,6,9-12H2,2H3/t17?,18?,20?,21-/m1/s1. The second kappa shape index (κ2) is 4.94. The van der Waals surface area contributed by atoms with Gasteiger partial charge in [0.1, 0.15) is 0 Å². The molecule has 4 atom stereocenters. The van der Waals surface area contributed by atoms with E-state index in [2.05, 4.69) is 37.8 Å². The highest BCUT2D eigenvalue weighted by Gasteiger charge is 2.55. The van der Waals surface area contributed by atoms with Crippen molar-refractivity contribution in [3.63, 3.8) is 0 Å². The van der Waals surface area contributed by atoms with Crippen LogP contribution in [-0.2, 0) is 11.2 Å². The Morgan fingerprint density at radius 3 is 2.95 bits per heavy atom. The number of rotatable bonds is 2. The molecule has 1 aromatic rings. The normalized spacial score (nSPS) is 36.1. The van der Waals surface area contributed by atoms with Gasteiger partial charge in [-0.15, -0.1) is 6.58 Å². The van der Waals surface area contributed by atoms with Crippen LogP contribution in [0, 0.1) is 17.3 Å². The summed E-state index contributed by atoms with van der Waals surface area (Å²) in [4.78, 5) is 12.6. The van der Waals surface area contributed by atoms with Crippen molar-refractivity contribution < 1.29 is 4.79 Å². The highest BCUT2D eigenvalue weighted by molar-refractivity contribution is 5.99. The van der Waals surface area contributed by atoms with Crippen molar-refractivity contribution in [2.24, 2.45) is 17.3 Å². The fourth-order valence-electron chi connectivity index (χ4n) is 5.47. The summed E-state index contributed by atoms with van der Waals surface area (Å²) in [5.41, 5.74) is 4.28.